The van der Waals surface area contributed by atoms with E-state index in [-0.39, 0.29) is 0 Å². The summed E-state index contributed by atoms with van der Waals surface area (Å²) in [6.07, 6.45) is 1.15. The van der Waals surface area contributed by atoms with E-state index in [1.807, 2.05) is 0 Å². The van der Waals surface area contributed by atoms with Crippen LogP contribution in [0.4, 0.5) is 0 Å². The number of ether oxygens (including phenoxy) is 1. The molecule has 0 heterocycles. The zero-order valence-electron chi connectivity index (χ0n) is 11.3. The zero-order chi connectivity index (χ0) is 12.5. The van der Waals surface area contributed by atoms with Crippen molar-refractivity contribution in [1.29, 1.82) is 0 Å². The van der Waals surface area contributed by atoms with Crippen LogP contribution in [0.1, 0.15) is 31.4 Å². The summed E-state index contributed by atoms with van der Waals surface area (Å²) in [5.74, 6) is 0.732. The Morgan fingerprint density at radius 3 is 2.47 bits per heavy atom. The van der Waals surface area contributed by atoms with Crippen LogP contribution in [0.25, 0.3) is 0 Å². The first kappa shape index (κ1) is 14.2. The molecule has 0 saturated heterocycles. The minimum Gasteiger partial charge on any atom is -0.380 e. The zero-order valence-corrected chi connectivity index (χ0v) is 11.3. The van der Waals surface area contributed by atoms with Gasteiger partial charge in [0.05, 0.1) is 6.61 Å². The van der Waals surface area contributed by atoms with E-state index < -0.39 is 0 Å². The Kier molecular flexibility index (Phi) is 6.90. The molecule has 0 saturated carbocycles. The molecule has 0 aliphatic carbocycles. The summed E-state index contributed by atoms with van der Waals surface area (Å²) in [5, 5.41) is 3.38. The van der Waals surface area contributed by atoms with E-state index in [0.717, 1.165) is 38.6 Å². The average Bonchev–Trinajstić information content (AvgIpc) is 2.30. The topological polar surface area (TPSA) is 21.3 Å². The molecule has 0 radical (unpaired) electrons. The Hall–Kier alpha value is -0.860. The van der Waals surface area contributed by atoms with Crippen LogP contribution >= 0.6 is 0 Å². The minimum absolute atomic E-state index is 0.732. The number of benzene rings is 1. The van der Waals surface area contributed by atoms with Crippen molar-refractivity contribution in [3.63, 3.8) is 0 Å². The van der Waals surface area contributed by atoms with Crippen LogP contribution in [0, 0.1) is 12.8 Å². The fourth-order valence-electron chi connectivity index (χ4n) is 1.50. The highest BCUT2D eigenvalue weighted by Crippen LogP contribution is 2.02. The number of nitrogens with one attached hydrogen (secondary N) is 1. The second-order valence-corrected chi connectivity index (χ2v) is 4.96. The average molecular weight is 235 g/mol. The van der Waals surface area contributed by atoms with Crippen LogP contribution in [-0.2, 0) is 11.3 Å². The molecule has 0 atom stereocenters. The van der Waals surface area contributed by atoms with Crippen LogP contribution in [0.15, 0.2) is 24.3 Å². The van der Waals surface area contributed by atoms with Gasteiger partial charge in [0.25, 0.3) is 0 Å². The van der Waals surface area contributed by atoms with Crippen molar-refractivity contribution in [1.82, 2.24) is 5.32 Å². The molecule has 0 aliphatic rings. The van der Waals surface area contributed by atoms with Crippen molar-refractivity contribution in [2.45, 2.75) is 33.7 Å². The fraction of sp³-hybridized carbons (Fsp3) is 0.600. The van der Waals surface area contributed by atoms with Gasteiger partial charge in [-0.1, -0.05) is 43.7 Å². The van der Waals surface area contributed by atoms with Crippen LogP contribution in [-0.4, -0.2) is 19.8 Å². The largest absolute Gasteiger partial charge is 0.380 e. The van der Waals surface area contributed by atoms with Gasteiger partial charge in [0.2, 0.25) is 0 Å². The molecule has 0 bridgehead atoms. The van der Waals surface area contributed by atoms with E-state index in [0.29, 0.717) is 0 Å². The van der Waals surface area contributed by atoms with Gasteiger partial charge in [0.1, 0.15) is 0 Å². The summed E-state index contributed by atoms with van der Waals surface area (Å²) in [5.41, 5.74) is 2.64. The van der Waals surface area contributed by atoms with Crippen LogP contribution in [0.5, 0.6) is 0 Å². The molecule has 1 rings (SSSR count). The Bertz CT molecular complexity index is 292. The third-order valence-corrected chi connectivity index (χ3v) is 2.71. The lowest BCUT2D eigenvalue weighted by molar-refractivity contribution is 0.125. The van der Waals surface area contributed by atoms with E-state index in [4.69, 9.17) is 4.74 Å². The molecule has 0 fully saturated rings. The van der Waals surface area contributed by atoms with E-state index in [2.05, 4.69) is 50.4 Å². The number of hydrogen-bond acceptors (Lipinski definition) is 2. The molecule has 96 valence electrons. The Balaban J connectivity index is 1.99. The highest BCUT2D eigenvalue weighted by atomic mass is 16.5. The predicted octanol–water partition coefficient (Wildman–Crippen LogP) is 3.15. The minimum atomic E-state index is 0.732. The van der Waals surface area contributed by atoms with Crippen LogP contribution < -0.4 is 5.32 Å². The Morgan fingerprint density at radius 1 is 1.12 bits per heavy atom. The molecular weight excluding hydrogens is 210 g/mol. The molecular formula is C15H25NO. The van der Waals surface area contributed by atoms with Crippen LogP contribution in [0.3, 0.4) is 0 Å². The summed E-state index contributed by atoms with van der Waals surface area (Å²) in [7, 11) is 0. The molecule has 0 aliphatic heterocycles. The molecule has 0 spiro atoms. The number of hydrogen-bond donors (Lipinski definition) is 1. The quantitative estimate of drug-likeness (QED) is 0.699. The molecule has 0 unspecified atom stereocenters. The third-order valence-electron chi connectivity index (χ3n) is 2.71. The summed E-state index contributed by atoms with van der Waals surface area (Å²) in [6, 6.07) is 8.64. The second kappa shape index (κ2) is 8.26. The van der Waals surface area contributed by atoms with E-state index in [1.165, 1.54) is 11.1 Å². The molecule has 1 aromatic rings. The lowest BCUT2D eigenvalue weighted by atomic mass is 10.1. The SMILES string of the molecule is Cc1ccc(CNCCOCCC(C)C)cc1. The van der Waals surface area contributed by atoms with Gasteiger partial charge in [0.15, 0.2) is 0 Å². The molecule has 1 N–H and O–H groups in total. The van der Waals surface area contributed by atoms with Gasteiger partial charge in [-0.15, -0.1) is 0 Å². The van der Waals surface area contributed by atoms with Crippen molar-refractivity contribution in [3.05, 3.63) is 35.4 Å². The Labute approximate surface area is 105 Å². The first-order chi connectivity index (χ1) is 8.18. The lowest BCUT2D eigenvalue weighted by Gasteiger charge is -2.08. The van der Waals surface area contributed by atoms with Gasteiger partial charge < -0.3 is 10.1 Å². The standard InChI is InChI=1S/C15H25NO/c1-13(2)8-10-17-11-9-16-12-15-6-4-14(3)5-7-15/h4-7,13,16H,8-12H2,1-3H3. The van der Waals surface area contributed by atoms with Crippen molar-refractivity contribution >= 4 is 0 Å². The smallest absolute Gasteiger partial charge is 0.0591 e. The normalized spacial score (nSPS) is 11.1. The maximum Gasteiger partial charge on any atom is 0.0591 e. The monoisotopic (exact) mass is 235 g/mol. The Morgan fingerprint density at radius 2 is 1.82 bits per heavy atom. The predicted molar refractivity (Wildman–Crippen MR) is 73.2 cm³/mol. The molecule has 1 aromatic carbocycles. The molecule has 2 heteroatoms. The van der Waals surface area contributed by atoms with Gasteiger partial charge in [-0.05, 0) is 24.8 Å². The summed E-state index contributed by atoms with van der Waals surface area (Å²) >= 11 is 0. The van der Waals surface area contributed by atoms with Gasteiger partial charge >= 0.3 is 0 Å². The molecule has 0 amide bonds. The fourth-order valence-corrected chi connectivity index (χ4v) is 1.50. The maximum atomic E-state index is 5.54. The van der Waals surface area contributed by atoms with Gasteiger partial charge in [0, 0.05) is 19.7 Å². The first-order valence-electron chi connectivity index (χ1n) is 6.52. The molecule has 0 aromatic heterocycles. The van der Waals surface area contributed by atoms with Crippen molar-refractivity contribution in [2.24, 2.45) is 5.92 Å². The van der Waals surface area contributed by atoms with Crippen LogP contribution in [0.2, 0.25) is 0 Å². The molecule has 2 nitrogen and oxygen atoms in total. The highest BCUT2D eigenvalue weighted by molar-refractivity contribution is 5.20. The third kappa shape index (κ3) is 7.14. The number of aryl methyl sites for hydroxylation is 1. The van der Waals surface area contributed by atoms with Gasteiger partial charge in [-0.2, -0.15) is 0 Å². The van der Waals surface area contributed by atoms with Crippen molar-refractivity contribution in [3.8, 4) is 0 Å². The lowest BCUT2D eigenvalue weighted by Crippen LogP contribution is -2.19. The van der Waals surface area contributed by atoms with E-state index >= 15 is 0 Å². The van der Waals surface area contributed by atoms with Gasteiger partial charge in [-0.3, -0.25) is 0 Å². The highest BCUT2D eigenvalue weighted by Gasteiger charge is 1.95. The van der Waals surface area contributed by atoms with E-state index in [1.54, 1.807) is 0 Å². The summed E-state index contributed by atoms with van der Waals surface area (Å²) < 4.78 is 5.54. The summed E-state index contributed by atoms with van der Waals surface area (Å²) in [6.45, 7) is 10.1. The number of rotatable bonds is 8. The summed E-state index contributed by atoms with van der Waals surface area (Å²) in [4.78, 5) is 0. The van der Waals surface area contributed by atoms with Crippen molar-refractivity contribution in [2.75, 3.05) is 19.8 Å². The second-order valence-electron chi connectivity index (χ2n) is 4.96. The van der Waals surface area contributed by atoms with E-state index in [9.17, 15) is 0 Å². The maximum absolute atomic E-state index is 5.54. The van der Waals surface area contributed by atoms with Gasteiger partial charge in [-0.25, -0.2) is 0 Å². The van der Waals surface area contributed by atoms with Crippen molar-refractivity contribution < 1.29 is 4.74 Å². The first-order valence-corrected chi connectivity index (χ1v) is 6.52. The molecule has 17 heavy (non-hydrogen) atoms.